The van der Waals surface area contributed by atoms with Crippen LogP contribution in [-0.2, 0) is 0 Å². The number of hydrogen-bond acceptors (Lipinski definition) is 8. The van der Waals surface area contributed by atoms with Crippen molar-refractivity contribution in [3.8, 4) is 11.8 Å². The number of ether oxygens (including phenoxy) is 1. The highest BCUT2D eigenvalue weighted by Crippen LogP contribution is 2.51. The van der Waals surface area contributed by atoms with Crippen LogP contribution in [0.5, 0.6) is 5.75 Å². The second kappa shape index (κ2) is 12.1. The molecule has 0 atom stereocenters. The van der Waals surface area contributed by atoms with E-state index in [4.69, 9.17) is 21.6 Å². The third-order valence-electron chi connectivity index (χ3n) is 9.76. The van der Waals surface area contributed by atoms with Crippen LogP contribution in [0.3, 0.4) is 0 Å². The van der Waals surface area contributed by atoms with Crippen molar-refractivity contribution in [2.24, 2.45) is 5.41 Å². The molecule has 0 unspecified atom stereocenters. The lowest BCUT2D eigenvalue weighted by Gasteiger charge is -2.56. The van der Waals surface area contributed by atoms with Crippen molar-refractivity contribution < 1.29 is 14.6 Å². The number of carbonyl (C=O) groups excluding carboxylic acids is 1. The number of likely N-dealkylation sites (tertiary alicyclic amines) is 1. The van der Waals surface area contributed by atoms with Gasteiger partial charge in [-0.05, 0) is 93.9 Å². The van der Waals surface area contributed by atoms with Crippen molar-refractivity contribution >= 4 is 23.3 Å². The maximum atomic E-state index is 12.9. The van der Waals surface area contributed by atoms with Gasteiger partial charge < -0.3 is 25.0 Å². The van der Waals surface area contributed by atoms with Crippen LogP contribution in [-0.4, -0.2) is 76.6 Å². The number of nitriles is 1. The summed E-state index contributed by atoms with van der Waals surface area (Å²) in [7, 11) is 0. The summed E-state index contributed by atoms with van der Waals surface area (Å²) < 4.78 is 6.06. The molecule has 2 aliphatic heterocycles. The minimum absolute atomic E-state index is 0.0551. The van der Waals surface area contributed by atoms with Gasteiger partial charge in [-0.25, -0.2) is 0 Å². The summed E-state index contributed by atoms with van der Waals surface area (Å²) in [6.07, 6.45) is 9.97. The topological polar surface area (TPSA) is 115 Å². The van der Waals surface area contributed by atoms with Gasteiger partial charge in [0.1, 0.15) is 11.8 Å². The number of halogens is 1. The van der Waals surface area contributed by atoms with Crippen LogP contribution in [0.25, 0.3) is 0 Å². The first-order valence-corrected chi connectivity index (χ1v) is 15.5. The van der Waals surface area contributed by atoms with Gasteiger partial charge in [0.2, 0.25) is 0 Å². The molecule has 2 aromatic rings. The van der Waals surface area contributed by atoms with E-state index in [2.05, 4.69) is 31.4 Å². The summed E-state index contributed by atoms with van der Waals surface area (Å²) in [5.41, 5.74) is 1.24. The highest BCUT2D eigenvalue weighted by Gasteiger charge is 2.48. The zero-order valence-corrected chi connectivity index (χ0v) is 24.2. The number of amides is 1. The van der Waals surface area contributed by atoms with Gasteiger partial charge in [-0.15, -0.1) is 10.2 Å². The van der Waals surface area contributed by atoms with E-state index in [9.17, 15) is 9.90 Å². The number of piperidine rings is 2. The second-order valence-electron chi connectivity index (χ2n) is 12.4. The Kier molecular flexibility index (Phi) is 8.34. The van der Waals surface area contributed by atoms with Crippen molar-refractivity contribution in [2.75, 3.05) is 31.1 Å². The molecular weight excluding hydrogens is 540 g/mol. The molecule has 2 aliphatic carbocycles. The molecule has 1 spiro atoms. The average Bonchev–Trinajstić information content (AvgIpc) is 2.98. The van der Waals surface area contributed by atoms with Gasteiger partial charge >= 0.3 is 0 Å². The first-order chi connectivity index (χ1) is 19.9. The van der Waals surface area contributed by atoms with E-state index in [0.717, 1.165) is 70.5 Å². The standard InChI is InChI=1S/C31H39ClN6O3/c32-27-17-26(4-1-21(27)20-33)41-25-5-2-22(3-6-25)34-30(40)28-7-8-29(36-35-28)38-15-11-31(12-16-38)18-23(19-31)37-13-9-24(39)10-14-37/h1,4,7-8,17,22-25,39H,2-3,5-6,9-16,18-19H2,(H,34,40). The Balaban J connectivity index is 0.925. The summed E-state index contributed by atoms with van der Waals surface area (Å²) in [5, 5.41) is 31.0. The molecule has 2 saturated carbocycles. The lowest BCUT2D eigenvalue weighted by atomic mass is 9.60. The number of rotatable bonds is 6. The molecule has 9 nitrogen and oxygen atoms in total. The van der Waals surface area contributed by atoms with Gasteiger partial charge in [-0.2, -0.15) is 5.26 Å². The normalized spacial score (nSPS) is 25.3. The van der Waals surface area contributed by atoms with Crippen LogP contribution in [0.1, 0.15) is 80.3 Å². The SMILES string of the molecule is N#Cc1ccc(OC2CCC(NC(=O)c3ccc(N4CCC5(CC4)CC(N4CCC(O)CC4)C5)nn3)CC2)cc1Cl. The fraction of sp³-hybridized carbons (Fsp3) is 0.613. The predicted molar refractivity (Wildman–Crippen MR) is 156 cm³/mol. The minimum atomic E-state index is -0.185. The van der Waals surface area contributed by atoms with E-state index in [0.29, 0.717) is 33.5 Å². The smallest absolute Gasteiger partial charge is 0.272 e. The van der Waals surface area contributed by atoms with Gasteiger partial charge in [-0.3, -0.25) is 4.79 Å². The molecule has 41 heavy (non-hydrogen) atoms. The second-order valence-corrected chi connectivity index (χ2v) is 12.8. The highest BCUT2D eigenvalue weighted by molar-refractivity contribution is 6.31. The zero-order chi connectivity index (χ0) is 28.4. The number of aliphatic hydroxyl groups excluding tert-OH is 1. The van der Waals surface area contributed by atoms with E-state index in [1.165, 1.54) is 25.7 Å². The van der Waals surface area contributed by atoms with Crippen LogP contribution in [0.2, 0.25) is 5.02 Å². The van der Waals surface area contributed by atoms with Gasteiger partial charge in [-0.1, -0.05) is 11.6 Å². The van der Waals surface area contributed by atoms with Gasteiger partial charge in [0.25, 0.3) is 5.91 Å². The van der Waals surface area contributed by atoms with Crippen molar-refractivity contribution in [3.05, 3.63) is 46.6 Å². The van der Waals surface area contributed by atoms with E-state index < -0.39 is 0 Å². The first kappa shape index (κ1) is 28.2. The number of nitrogens with one attached hydrogen (secondary N) is 1. The third kappa shape index (κ3) is 6.45. The largest absolute Gasteiger partial charge is 0.490 e. The number of hydrogen-bond donors (Lipinski definition) is 2. The fourth-order valence-corrected chi connectivity index (χ4v) is 7.33. The summed E-state index contributed by atoms with van der Waals surface area (Å²) >= 11 is 6.12. The monoisotopic (exact) mass is 578 g/mol. The molecule has 2 N–H and O–H groups in total. The zero-order valence-electron chi connectivity index (χ0n) is 23.5. The molecule has 0 bridgehead atoms. The van der Waals surface area contributed by atoms with E-state index >= 15 is 0 Å². The number of benzene rings is 1. The average molecular weight is 579 g/mol. The maximum absolute atomic E-state index is 12.9. The highest BCUT2D eigenvalue weighted by atomic mass is 35.5. The molecule has 1 amide bonds. The van der Waals surface area contributed by atoms with Crippen LogP contribution in [0, 0.1) is 16.7 Å². The summed E-state index contributed by atoms with van der Waals surface area (Å²) in [4.78, 5) is 17.8. The van der Waals surface area contributed by atoms with Crippen molar-refractivity contribution in [1.29, 1.82) is 5.26 Å². The quantitative estimate of drug-likeness (QED) is 0.521. The number of aromatic nitrogens is 2. The molecule has 2 saturated heterocycles. The molecule has 3 heterocycles. The van der Waals surface area contributed by atoms with Gasteiger partial charge in [0, 0.05) is 44.3 Å². The van der Waals surface area contributed by atoms with E-state index in [1.54, 1.807) is 24.3 Å². The van der Waals surface area contributed by atoms with Crippen LogP contribution in [0.15, 0.2) is 30.3 Å². The van der Waals surface area contributed by atoms with Gasteiger partial charge in [0.15, 0.2) is 11.5 Å². The van der Waals surface area contributed by atoms with E-state index in [-0.39, 0.29) is 24.2 Å². The summed E-state index contributed by atoms with van der Waals surface area (Å²) in [6, 6.07) is 11.7. The molecule has 4 fully saturated rings. The Morgan fingerprint density at radius 1 is 1.02 bits per heavy atom. The predicted octanol–water partition coefficient (Wildman–Crippen LogP) is 4.33. The number of carbonyl (C=O) groups is 1. The summed E-state index contributed by atoms with van der Waals surface area (Å²) in [6.45, 7) is 4.03. The van der Waals surface area contributed by atoms with Crippen LogP contribution < -0.4 is 15.0 Å². The lowest BCUT2D eigenvalue weighted by molar-refractivity contribution is -0.0396. The third-order valence-corrected chi connectivity index (χ3v) is 10.1. The van der Waals surface area contributed by atoms with Crippen LogP contribution in [0.4, 0.5) is 5.82 Å². The Morgan fingerprint density at radius 3 is 2.39 bits per heavy atom. The maximum Gasteiger partial charge on any atom is 0.272 e. The minimum Gasteiger partial charge on any atom is -0.490 e. The summed E-state index contributed by atoms with van der Waals surface area (Å²) in [5.74, 6) is 1.32. The van der Waals surface area contributed by atoms with Crippen molar-refractivity contribution in [2.45, 2.75) is 88.5 Å². The molecule has 0 radical (unpaired) electrons. The molecule has 1 aromatic carbocycles. The number of nitrogens with zero attached hydrogens (tertiary/aromatic N) is 5. The molecule has 4 aliphatic rings. The molecular formula is C31H39ClN6O3. The Labute approximate surface area is 246 Å². The van der Waals surface area contributed by atoms with Crippen molar-refractivity contribution in [1.82, 2.24) is 20.4 Å². The first-order valence-electron chi connectivity index (χ1n) is 15.1. The number of aliphatic hydroxyl groups is 1. The Bertz CT molecular complexity index is 1250. The lowest BCUT2D eigenvalue weighted by Crippen LogP contribution is -2.56. The fourth-order valence-electron chi connectivity index (χ4n) is 7.12. The molecule has 6 rings (SSSR count). The molecule has 1 aromatic heterocycles. The van der Waals surface area contributed by atoms with E-state index in [1.807, 2.05) is 6.07 Å². The molecule has 218 valence electrons. The van der Waals surface area contributed by atoms with Gasteiger partial charge in [0.05, 0.1) is 22.8 Å². The molecule has 10 heteroatoms. The Morgan fingerprint density at radius 2 is 1.76 bits per heavy atom. The van der Waals surface area contributed by atoms with Crippen LogP contribution >= 0.6 is 11.6 Å². The Hall–Kier alpha value is -2.93. The number of anilines is 1. The van der Waals surface area contributed by atoms with Crippen molar-refractivity contribution in [3.63, 3.8) is 0 Å².